The molecule has 0 unspecified atom stereocenters. The molecule has 10 heteroatoms. The van der Waals surface area contributed by atoms with E-state index in [0.717, 1.165) is 17.2 Å². The summed E-state index contributed by atoms with van der Waals surface area (Å²) in [5, 5.41) is 29.7. The molecule has 0 atom stereocenters. The topological polar surface area (TPSA) is 60.7 Å². The van der Waals surface area contributed by atoms with E-state index in [-0.39, 0.29) is 19.3 Å². The molecule has 0 amide bonds. The van der Waals surface area contributed by atoms with Crippen molar-refractivity contribution in [1.29, 1.82) is 0 Å². The summed E-state index contributed by atoms with van der Waals surface area (Å²) in [7, 11) is 0. The Balaban J connectivity index is 2.15. The maximum Gasteiger partial charge on any atom is 0.430 e. The van der Waals surface area contributed by atoms with E-state index in [2.05, 4.69) is 0 Å². The Morgan fingerprint density at radius 3 is 2.06 bits per heavy atom. The number of alkyl halides is 6. The maximum atomic E-state index is 12.8. The minimum absolute atomic E-state index is 0.173. The molecule has 1 aromatic carbocycles. The third-order valence-corrected chi connectivity index (χ3v) is 6.22. The summed E-state index contributed by atoms with van der Waals surface area (Å²) >= 11 is 1.32. The van der Waals surface area contributed by atoms with Crippen LogP contribution in [0.25, 0.3) is 5.57 Å². The molecule has 0 aliphatic heterocycles. The highest BCUT2D eigenvalue weighted by molar-refractivity contribution is 7.11. The summed E-state index contributed by atoms with van der Waals surface area (Å²) in [5.74, 6) is 0. The smallest absolute Gasteiger partial charge is 0.392 e. The number of rotatable bonds is 9. The first kappa shape index (κ1) is 27.1. The number of thiophene rings is 1. The van der Waals surface area contributed by atoms with E-state index >= 15 is 0 Å². The van der Waals surface area contributed by atoms with Crippen molar-refractivity contribution in [1.82, 2.24) is 0 Å². The molecule has 0 bridgehead atoms. The molecule has 182 valence electrons. The highest BCUT2D eigenvalue weighted by Gasteiger charge is 2.68. The third kappa shape index (κ3) is 6.47. The minimum atomic E-state index is -5.90. The van der Waals surface area contributed by atoms with Crippen LogP contribution in [0.3, 0.4) is 0 Å². The van der Waals surface area contributed by atoms with Crippen molar-refractivity contribution in [3.8, 4) is 0 Å². The van der Waals surface area contributed by atoms with Crippen molar-refractivity contribution in [3.05, 3.63) is 75.0 Å². The summed E-state index contributed by atoms with van der Waals surface area (Å²) in [5.41, 5.74) is -1.21. The van der Waals surface area contributed by atoms with Crippen LogP contribution in [0.4, 0.5) is 26.3 Å². The Morgan fingerprint density at radius 2 is 1.52 bits per heavy atom. The molecule has 1 aromatic heterocycles. The predicted octanol–water partition coefficient (Wildman–Crippen LogP) is 5.72. The van der Waals surface area contributed by atoms with E-state index in [1.54, 1.807) is 13.0 Å². The SMILES string of the molecule is CC/C(=C/C=C\C(O)(C(F)(F)F)C(F)(F)F)c1cc(CCc2ccc(CO)c(CO)c2)cs1. The second kappa shape index (κ2) is 10.9. The number of hydrogen-bond acceptors (Lipinski definition) is 4. The molecule has 0 spiro atoms. The zero-order valence-corrected chi connectivity index (χ0v) is 18.5. The molecule has 1 heterocycles. The Hall–Kier alpha value is -2.14. The van der Waals surface area contributed by atoms with Gasteiger partial charge in [0.05, 0.1) is 13.2 Å². The van der Waals surface area contributed by atoms with Crippen LogP contribution in [0.15, 0.2) is 47.9 Å². The van der Waals surface area contributed by atoms with Gasteiger partial charge in [0.25, 0.3) is 5.60 Å². The first-order valence-electron chi connectivity index (χ1n) is 10.0. The molecule has 3 N–H and O–H groups in total. The molecule has 2 aromatic rings. The van der Waals surface area contributed by atoms with Crippen LogP contribution in [-0.4, -0.2) is 33.3 Å². The Labute approximate surface area is 191 Å². The number of hydrogen-bond donors (Lipinski definition) is 3. The average molecular weight is 494 g/mol. The summed E-state index contributed by atoms with van der Waals surface area (Å²) < 4.78 is 76.7. The number of aryl methyl sites for hydroxylation is 2. The maximum absolute atomic E-state index is 12.8. The number of halogens is 6. The normalized spacial score (nSPS) is 13.8. The van der Waals surface area contributed by atoms with Crippen molar-refractivity contribution in [2.24, 2.45) is 0 Å². The highest BCUT2D eigenvalue weighted by atomic mass is 32.1. The molecule has 3 nitrogen and oxygen atoms in total. The molecular formula is C23H24F6O3S. The van der Waals surface area contributed by atoms with E-state index in [1.165, 1.54) is 11.3 Å². The van der Waals surface area contributed by atoms with E-state index in [0.29, 0.717) is 46.9 Å². The van der Waals surface area contributed by atoms with Gasteiger partial charge in [-0.2, -0.15) is 26.3 Å². The molecule has 0 aliphatic carbocycles. The van der Waals surface area contributed by atoms with E-state index in [4.69, 9.17) is 0 Å². The van der Waals surface area contributed by atoms with Crippen LogP contribution < -0.4 is 0 Å². The molecule has 0 fully saturated rings. The summed E-state index contributed by atoms with van der Waals surface area (Å²) in [6, 6.07) is 7.22. The Morgan fingerprint density at radius 1 is 0.909 bits per heavy atom. The molecule has 0 saturated heterocycles. The standard InChI is InChI=1S/C23H24F6O3S/c1-2-17(4-3-9-21(32,22(24,25)26)23(27,28)29)20-11-16(14-33-20)6-5-15-7-8-18(12-30)19(10-15)13-31/h3-4,7-11,14,30-32H,2,5-6,12-13H2,1H3/b9-3-,17-4-. The monoisotopic (exact) mass is 494 g/mol. The predicted molar refractivity (Wildman–Crippen MR) is 114 cm³/mol. The lowest BCUT2D eigenvalue weighted by Gasteiger charge is -2.29. The van der Waals surface area contributed by atoms with Gasteiger partial charge in [0, 0.05) is 4.88 Å². The van der Waals surface area contributed by atoms with Gasteiger partial charge in [-0.15, -0.1) is 11.3 Å². The third-order valence-electron chi connectivity index (χ3n) is 5.16. The van der Waals surface area contributed by atoms with E-state index in [1.807, 2.05) is 23.6 Å². The van der Waals surface area contributed by atoms with Crippen LogP contribution in [0.2, 0.25) is 0 Å². The van der Waals surface area contributed by atoms with Crippen LogP contribution in [0.1, 0.15) is 40.5 Å². The van der Waals surface area contributed by atoms with Gasteiger partial charge < -0.3 is 15.3 Å². The van der Waals surface area contributed by atoms with Gasteiger partial charge in [0.2, 0.25) is 0 Å². The van der Waals surface area contributed by atoms with E-state index < -0.39 is 18.0 Å². The van der Waals surface area contributed by atoms with Crippen LogP contribution in [0, 0.1) is 0 Å². The van der Waals surface area contributed by atoms with Crippen molar-refractivity contribution in [3.63, 3.8) is 0 Å². The molecule has 0 aliphatic rings. The van der Waals surface area contributed by atoms with Crippen molar-refractivity contribution in [2.45, 2.75) is 57.4 Å². The quantitative estimate of drug-likeness (QED) is 0.309. The lowest BCUT2D eigenvalue weighted by molar-refractivity contribution is -0.347. The van der Waals surface area contributed by atoms with Crippen molar-refractivity contribution in [2.75, 3.05) is 0 Å². The second-order valence-electron chi connectivity index (χ2n) is 7.40. The fourth-order valence-electron chi connectivity index (χ4n) is 3.13. The number of aliphatic hydroxyl groups is 3. The lowest BCUT2D eigenvalue weighted by atomic mass is 10.00. The molecular weight excluding hydrogens is 470 g/mol. The highest BCUT2D eigenvalue weighted by Crippen LogP contribution is 2.44. The second-order valence-corrected chi connectivity index (χ2v) is 8.32. The number of aliphatic hydroxyl groups excluding tert-OH is 2. The van der Waals surface area contributed by atoms with Gasteiger partial charge >= 0.3 is 12.4 Å². The molecule has 0 radical (unpaired) electrons. The van der Waals surface area contributed by atoms with Gasteiger partial charge in [-0.05, 0) is 64.6 Å². The first-order valence-corrected chi connectivity index (χ1v) is 10.9. The van der Waals surface area contributed by atoms with Crippen LogP contribution >= 0.6 is 11.3 Å². The van der Waals surface area contributed by atoms with Gasteiger partial charge in [-0.1, -0.05) is 37.3 Å². The van der Waals surface area contributed by atoms with Gasteiger partial charge in [-0.25, -0.2) is 0 Å². The molecule has 2 rings (SSSR count). The Kier molecular flexibility index (Phi) is 8.92. The van der Waals surface area contributed by atoms with Gasteiger partial charge in [0.1, 0.15) is 0 Å². The zero-order chi connectivity index (χ0) is 24.9. The fourth-order valence-corrected chi connectivity index (χ4v) is 4.17. The van der Waals surface area contributed by atoms with Crippen molar-refractivity contribution < 1.29 is 41.7 Å². The van der Waals surface area contributed by atoms with Crippen molar-refractivity contribution >= 4 is 16.9 Å². The van der Waals surface area contributed by atoms with E-state index in [9.17, 15) is 41.7 Å². The molecule has 0 saturated carbocycles. The van der Waals surface area contributed by atoms with Crippen LogP contribution in [-0.2, 0) is 26.1 Å². The summed E-state index contributed by atoms with van der Waals surface area (Å²) in [4.78, 5) is 0.700. The lowest BCUT2D eigenvalue weighted by Crippen LogP contribution is -2.55. The largest absolute Gasteiger partial charge is 0.430 e. The zero-order valence-electron chi connectivity index (χ0n) is 17.7. The first-order chi connectivity index (χ1) is 15.4. The number of allylic oxidation sites excluding steroid dienone is 3. The molecule has 33 heavy (non-hydrogen) atoms. The summed E-state index contributed by atoms with van der Waals surface area (Å²) in [6.45, 7) is 1.36. The average Bonchev–Trinajstić information content (AvgIpc) is 3.22. The minimum Gasteiger partial charge on any atom is -0.392 e. The van der Waals surface area contributed by atoms with Gasteiger partial charge in [0.15, 0.2) is 0 Å². The van der Waals surface area contributed by atoms with Gasteiger partial charge in [-0.3, -0.25) is 0 Å². The Bertz CT molecular complexity index is 975. The fraction of sp³-hybridized carbons (Fsp3) is 0.391. The number of benzene rings is 1. The van der Waals surface area contributed by atoms with Crippen LogP contribution in [0.5, 0.6) is 0 Å². The summed E-state index contributed by atoms with van der Waals surface area (Å²) in [6.07, 6.45) is -8.72.